The van der Waals surface area contributed by atoms with Crippen molar-refractivity contribution in [1.29, 1.82) is 0 Å². The molecular formula is C18H29N. The summed E-state index contributed by atoms with van der Waals surface area (Å²) in [5.41, 5.74) is 4.17. The summed E-state index contributed by atoms with van der Waals surface area (Å²) < 4.78 is 0. The van der Waals surface area contributed by atoms with E-state index in [1.54, 1.807) is 0 Å². The molecule has 1 aliphatic rings. The molecule has 1 fully saturated rings. The Morgan fingerprint density at radius 3 is 2.32 bits per heavy atom. The number of rotatable bonds is 3. The highest BCUT2D eigenvalue weighted by molar-refractivity contribution is 5.30. The lowest BCUT2D eigenvalue weighted by molar-refractivity contribution is 0.196. The van der Waals surface area contributed by atoms with Crippen molar-refractivity contribution in [2.75, 3.05) is 0 Å². The molecule has 1 saturated carbocycles. The molecule has 106 valence electrons. The van der Waals surface area contributed by atoms with Gasteiger partial charge in [-0.2, -0.15) is 0 Å². The van der Waals surface area contributed by atoms with E-state index in [1.807, 2.05) is 0 Å². The SMILES string of the molecule is Cc1cc(C)cc(C(C)NC2CCCC(C)C2C)c1. The van der Waals surface area contributed by atoms with Gasteiger partial charge in [0.1, 0.15) is 0 Å². The largest absolute Gasteiger partial charge is 0.307 e. The van der Waals surface area contributed by atoms with Crippen molar-refractivity contribution in [3.05, 3.63) is 34.9 Å². The van der Waals surface area contributed by atoms with Gasteiger partial charge in [0.25, 0.3) is 0 Å². The molecule has 0 aromatic heterocycles. The standard InChI is InChI=1S/C18H29N/c1-12-9-13(2)11-17(10-12)16(5)19-18-8-6-7-14(3)15(18)4/h9-11,14-16,18-19H,6-8H2,1-5H3. The number of aryl methyl sites for hydroxylation is 2. The summed E-state index contributed by atoms with van der Waals surface area (Å²) in [6.45, 7) is 11.5. The Hall–Kier alpha value is -0.820. The van der Waals surface area contributed by atoms with Crippen LogP contribution in [-0.4, -0.2) is 6.04 Å². The second kappa shape index (κ2) is 6.09. The van der Waals surface area contributed by atoms with E-state index < -0.39 is 0 Å². The van der Waals surface area contributed by atoms with Crippen molar-refractivity contribution >= 4 is 0 Å². The van der Waals surface area contributed by atoms with Crippen LogP contribution in [0.5, 0.6) is 0 Å². The fourth-order valence-corrected chi connectivity index (χ4v) is 3.49. The Bertz CT molecular complexity index is 403. The highest BCUT2D eigenvalue weighted by Gasteiger charge is 2.27. The van der Waals surface area contributed by atoms with Crippen LogP contribution in [0.2, 0.25) is 0 Å². The maximum atomic E-state index is 3.87. The molecule has 0 amide bonds. The molecule has 1 aliphatic carbocycles. The van der Waals surface area contributed by atoms with Gasteiger partial charge in [-0.25, -0.2) is 0 Å². The summed E-state index contributed by atoms with van der Waals surface area (Å²) in [4.78, 5) is 0. The normalized spacial score (nSPS) is 29.2. The number of nitrogens with one attached hydrogen (secondary N) is 1. The number of benzene rings is 1. The van der Waals surface area contributed by atoms with Crippen molar-refractivity contribution < 1.29 is 0 Å². The molecule has 4 atom stereocenters. The van der Waals surface area contributed by atoms with Crippen LogP contribution in [-0.2, 0) is 0 Å². The first kappa shape index (κ1) is 14.6. The maximum absolute atomic E-state index is 3.87. The average Bonchev–Trinajstić information content (AvgIpc) is 2.33. The monoisotopic (exact) mass is 259 g/mol. The zero-order valence-corrected chi connectivity index (χ0v) is 13.2. The fourth-order valence-electron chi connectivity index (χ4n) is 3.49. The zero-order chi connectivity index (χ0) is 14.0. The van der Waals surface area contributed by atoms with Gasteiger partial charge in [-0.1, -0.05) is 56.0 Å². The van der Waals surface area contributed by atoms with Crippen LogP contribution in [0.4, 0.5) is 0 Å². The van der Waals surface area contributed by atoms with Crippen LogP contribution in [0, 0.1) is 25.7 Å². The molecular weight excluding hydrogens is 230 g/mol. The molecule has 4 unspecified atom stereocenters. The molecule has 1 aromatic carbocycles. The highest BCUT2D eigenvalue weighted by Crippen LogP contribution is 2.31. The van der Waals surface area contributed by atoms with Crippen LogP contribution in [0.3, 0.4) is 0 Å². The lowest BCUT2D eigenvalue weighted by Gasteiger charge is -2.36. The molecule has 0 aliphatic heterocycles. The molecule has 1 heteroatoms. The minimum absolute atomic E-state index is 0.455. The van der Waals surface area contributed by atoms with Gasteiger partial charge in [0.05, 0.1) is 0 Å². The first-order valence-corrected chi connectivity index (χ1v) is 7.81. The van der Waals surface area contributed by atoms with E-state index in [4.69, 9.17) is 0 Å². The summed E-state index contributed by atoms with van der Waals surface area (Å²) in [5, 5.41) is 3.87. The molecule has 1 N–H and O–H groups in total. The third kappa shape index (κ3) is 3.60. The van der Waals surface area contributed by atoms with Crippen molar-refractivity contribution in [2.45, 2.75) is 66.0 Å². The van der Waals surface area contributed by atoms with Crippen LogP contribution in [0.25, 0.3) is 0 Å². The van der Waals surface area contributed by atoms with Crippen molar-refractivity contribution in [3.63, 3.8) is 0 Å². The first-order valence-electron chi connectivity index (χ1n) is 7.81. The second-order valence-corrected chi connectivity index (χ2v) is 6.68. The summed E-state index contributed by atoms with van der Waals surface area (Å²) in [7, 11) is 0. The van der Waals surface area contributed by atoms with Gasteiger partial charge in [-0.3, -0.25) is 0 Å². The zero-order valence-electron chi connectivity index (χ0n) is 13.2. The Morgan fingerprint density at radius 1 is 1.05 bits per heavy atom. The van der Waals surface area contributed by atoms with Gasteiger partial charge in [-0.15, -0.1) is 0 Å². The molecule has 0 radical (unpaired) electrons. The smallest absolute Gasteiger partial charge is 0.0294 e. The van der Waals surface area contributed by atoms with Gasteiger partial charge >= 0.3 is 0 Å². The third-order valence-electron chi connectivity index (χ3n) is 4.91. The number of hydrogen-bond donors (Lipinski definition) is 1. The molecule has 19 heavy (non-hydrogen) atoms. The van der Waals surface area contributed by atoms with Crippen molar-refractivity contribution in [1.82, 2.24) is 5.32 Å². The van der Waals surface area contributed by atoms with E-state index in [0.29, 0.717) is 12.1 Å². The minimum Gasteiger partial charge on any atom is -0.307 e. The Morgan fingerprint density at radius 2 is 1.68 bits per heavy atom. The molecule has 1 nitrogen and oxygen atoms in total. The summed E-state index contributed by atoms with van der Waals surface area (Å²) in [6.07, 6.45) is 4.11. The molecule has 0 saturated heterocycles. The molecule has 1 aromatic rings. The lowest BCUT2D eigenvalue weighted by atomic mass is 9.77. The van der Waals surface area contributed by atoms with E-state index in [1.165, 1.54) is 36.0 Å². The minimum atomic E-state index is 0.455. The van der Waals surface area contributed by atoms with Crippen molar-refractivity contribution in [3.8, 4) is 0 Å². The van der Waals surface area contributed by atoms with Gasteiger partial charge < -0.3 is 5.32 Å². The van der Waals surface area contributed by atoms with Crippen LogP contribution >= 0.6 is 0 Å². The van der Waals surface area contributed by atoms with Gasteiger partial charge in [0.2, 0.25) is 0 Å². The Labute approximate surface area is 118 Å². The van der Waals surface area contributed by atoms with Gasteiger partial charge in [0.15, 0.2) is 0 Å². The van der Waals surface area contributed by atoms with E-state index in [2.05, 4.69) is 58.1 Å². The molecule has 0 bridgehead atoms. The molecule has 2 rings (SSSR count). The van der Waals surface area contributed by atoms with Gasteiger partial charge in [-0.05, 0) is 44.6 Å². The topological polar surface area (TPSA) is 12.0 Å². The summed E-state index contributed by atoms with van der Waals surface area (Å²) in [6, 6.07) is 8.03. The maximum Gasteiger partial charge on any atom is 0.0294 e. The summed E-state index contributed by atoms with van der Waals surface area (Å²) >= 11 is 0. The van der Waals surface area contributed by atoms with Crippen molar-refractivity contribution in [2.24, 2.45) is 11.8 Å². The van der Waals surface area contributed by atoms with Gasteiger partial charge in [0, 0.05) is 12.1 Å². The average molecular weight is 259 g/mol. The predicted octanol–water partition coefficient (Wildman–Crippen LogP) is 4.78. The van der Waals surface area contributed by atoms with E-state index in [0.717, 1.165) is 11.8 Å². The Kier molecular flexibility index (Phi) is 4.67. The second-order valence-electron chi connectivity index (χ2n) is 6.68. The predicted molar refractivity (Wildman–Crippen MR) is 83.4 cm³/mol. The van der Waals surface area contributed by atoms with Crippen LogP contribution in [0.15, 0.2) is 18.2 Å². The third-order valence-corrected chi connectivity index (χ3v) is 4.91. The number of hydrogen-bond acceptors (Lipinski definition) is 1. The quantitative estimate of drug-likeness (QED) is 0.824. The molecule has 0 heterocycles. The lowest BCUT2D eigenvalue weighted by Crippen LogP contribution is -2.41. The Balaban J connectivity index is 2.05. The van der Waals surface area contributed by atoms with E-state index in [-0.39, 0.29) is 0 Å². The van der Waals surface area contributed by atoms with Crippen LogP contribution in [0.1, 0.15) is 62.8 Å². The first-order chi connectivity index (χ1) is 8.97. The fraction of sp³-hybridized carbons (Fsp3) is 0.667. The highest BCUT2D eigenvalue weighted by atomic mass is 15.0. The summed E-state index contributed by atoms with van der Waals surface area (Å²) in [5.74, 6) is 1.65. The van der Waals surface area contributed by atoms with E-state index >= 15 is 0 Å². The van der Waals surface area contributed by atoms with E-state index in [9.17, 15) is 0 Å². The van der Waals surface area contributed by atoms with Crippen LogP contribution < -0.4 is 5.32 Å². The molecule has 0 spiro atoms.